The Kier molecular flexibility index (Phi) is 4.46. The predicted molar refractivity (Wildman–Crippen MR) is 84.2 cm³/mol. The lowest BCUT2D eigenvalue weighted by molar-refractivity contribution is 0.281. The molecule has 1 atom stereocenters. The van der Waals surface area contributed by atoms with E-state index in [0.29, 0.717) is 35.0 Å². The normalized spacial score (nSPS) is 20.8. The van der Waals surface area contributed by atoms with Gasteiger partial charge in [0.1, 0.15) is 4.99 Å². The Labute approximate surface area is 126 Å². The number of nitrogens with two attached hydrogens (primary N) is 1. The van der Waals surface area contributed by atoms with Crippen molar-refractivity contribution in [3.63, 3.8) is 0 Å². The van der Waals surface area contributed by atoms with Gasteiger partial charge >= 0.3 is 0 Å². The average Bonchev–Trinajstić information content (AvgIpc) is 2.38. The lowest BCUT2D eigenvalue weighted by Gasteiger charge is -2.30. The van der Waals surface area contributed by atoms with E-state index in [4.69, 9.17) is 18.0 Å². The van der Waals surface area contributed by atoms with Gasteiger partial charge in [-0.2, -0.15) is 4.31 Å². The van der Waals surface area contributed by atoms with E-state index in [1.54, 1.807) is 29.4 Å². The Morgan fingerprint density at radius 2 is 2.15 bits per heavy atom. The Balaban J connectivity index is 2.36. The minimum absolute atomic E-state index is 0.281. The van der Waals surface area contributed by atoms with Crippen LogP contribution >= 0.6 is 12.2 Å². The molecule has 6 heteroatoms. The SMILES string of the molecule is Cc1cc(C(N)=S)ccc1S(=O)(=O)N1CCCC(C)C1. The van der Waals surface area contributed by atoms with Crippen molar-refractivity contribution in [3.8, 4) is 0 Å². The molecule has 2 N–H and O–H groups in total. The lowest BCUT2D eigenvalue weighted by atomic mass is 10.0. The van der Waals surface area contributed by atoms with Crippen LogP contribution in [0.5, 0.6) is 0 Å². The summed E-state index contributed by atoms with van der Waals surface area (Å²) in [4.78, 5) is 0.634. The van der Waals surface area contributed by atoms with Crippen LogP contribution in [0.25, 0.3) is 0 Å². The van der Waals surface area contributed by atoms with E-state index in [1.165, 1.54) is 0 Å². The van der Waals surface area contributed by atoms with Crippen molar-refractivity contribution in [2.24, 2.45) is 11.7 Å². The first kappa shape index (κ1) is 15.4. The molecule has 0 bridgehead atoms. The molecule has 1 unspecified atom stereocenters. The maximum atomic E-state index is 12.7. The van der Waals surface area contributed by atoms with E-state index in [-0.39, 0.29) is 4.99 Å². The number of hydrogen-bond donors (Lipinski definition) is 1. The molecular formula is C14H20N2O2S2. The van der Waals surface area contributed by atoms with Gasteiger partial charge in [-0.3, -0.25) is 0 Å². The van der Waals surface area contributed by atoms with Crippen LogP contribution in [-0.4, -0.2) is 30.8 Å². The number of sulfonamides is 1. The summed E-state index contributed by atoms with van der Waals surface area (Å²) >= 11 is 4.92. The van der Waals surface area contributed by atoms with Crippen LogP contribution in [0, 0.1) is 12.8 Å². The Morgan fingerprint density at radius 1 is 1.45 bits per heavy atom. The fourth-order valence-corrected chi connectivity index (χ4v) is 4.53. The second-order valence-electron chi connectivity index (χ2n) is 5.45. The predicted octanol–water partition coefficient (Wildman–Crippen LogP) is 2.05. The second kappa shape index (κ2) is 5.79. The van der Waals surface area contributed by atoms with Gasteiger partial charge in [0.15, 0.2) is 0 Å². The van der Waals surface area contributed by atoms with Gasteiger partial charge in [-0.15, -0.1) is 0 Å². The van der Waals surface area contributed by atoms with Gasteiger partial charge in [-0.05, 0) is 43.4 Å². The molecule has 2 rings (SSSR count). The minimum atomic E-state index is -3.42. The summed E-state index contributed by atoms with van der Waals surface area (Å²) in [6.07, 6.45) is 2.01. The van der Waals surface area contributed by atoms with E-state index < -0.39 is 10.0 Å². The van der Waals surface area contributed by atoms with Crippen molar-refractivity contribution < 1.29 is 8.42 Å². The number of benzene rings is 1. The molecule has 1 saturated heterocycles. The van der Waals surface area contributed by atoms with Crippen molar-refractivity contribution in [1.29, 1.82) is 0 Å². The van der Waals surface area contributed by atoms with Crippen LogP contribution in [0.15, 0.2) is 23.1 Å². The van der Waals surface area contributed by atoms with Crippen LogP contribution in [0.4, 0.5) is 0 Å². The number of aryl methyl sites for hydroxylation is 1. The third-order valence-electron chi connectivity index (χ3n) is 3.70. The Bertz CT molecular complexity index is 626. The minimum Gasteiger partial charge on any atom is -0.389 e. The van der Waals surface area contributed by atoms with Gasteiger partial charge in [0.2, 0.25) is 10.0 Å². The number of rotatable bonds is 3. The highest BCUT2D eigenvalue weighted by atomic mass is 32.2. The van der Waals surface area contributed by atoms with Gasteiger partial charge in [0.05, 0.1) is 4.90 Å². The molecule has 0 aliphatic carbocycles. The maximum absolute atomic E-state index is 12.7. The van der Waals surface area contributed by atoms with Crippen molar-refractivity contribution in [1.82, 2.24) is 4.31 Å². The molecule has 1 fully saturated rings. The molecule has 1 aliphatic heterocycles. The molecule has 1 heterocycles. The van der Waals surface area contributed by atoms with E-state index >= 15 is 0 Å². The molecule has 1 aromatic rings. The molecule has 1 aromatic carbocycles. The average molecular weight is 312 g/mol. The number of hydrogen-bond acceptors (Lipinski definition) is 3. The maximum Gasteiger partial charge on any atom is 0.243 e. The molecule has 0 spiro atoms. The monoisotopic (exact) mass is 312 g/mol. The molecule has 0 aromatic heterocycles. The van der Waals surface area contributed by atoms with Gasteiger partial charge in [0, 0.05) is 18.7 Å². The molecule has 1 aliphatic rings. The van der Waals surface area contributed by atoms with E-state index in [0.717, 1.165) is 12.8 Å². The summed E-state index contributed by atoms with van der Waals surface area (Å²) in [6, 6.07) is 5.02. The standard InChI is InChI=1S/C14H20N2O2S2/c1-10-4-3-7-16(9-10)20(17,18)13-6-5-12(14(15)19)8-11(13)2/h5-6,8,10H,3-4,7,9H2,1-2H3,(H2,15,19). The first-order valence-electron chi connectivity index (χ1n) is 6.73. The zero-order chi connectivity index (χ0) is 14.9. The molecule has 4 nitrogen and oxygen atoms in total. The summed E-state index contributed by atoms with van der Waals surface area (Å²) in [6.45, 7) is 5.06. The largest absolute Gasteiger partial charge is 0.389 e. The fourth-order valence-electron chi connectivity index (χ4n) is 2.60. The summed E-state index contributed by atoms with van der Waals surface area (Å²) in [5.41, 5.74) is 6.96. The summed E-state index contributed by atoms with van der Waals surface area (Å²) < 4.78 is 27.0. The number of nitrogens with zero attached hydrogens (tertiary/aromatic N) is 1. The van der Waals surface area contributed by atoms with Crippen LogP contribution < -0.4 is 5.73 Å². The third kappa shape index (κ3) is 3.02. The van der Waals surface area contributed by atoms with Gasteiger partial charge in [0.25, 0.3) is 0 Å². The summed E-state index contributed by atoms with van der Waals surface area (Å²) in [5, 5.41) is 0. The highest BCUT2D eigenvalue weighted by Gasteiger charge is 2.29. The number of piperidine rings is 1. The summed E-state index contributed by atoms with van der Waals surface area (Å²) in [5.74, 6) is 0.412. The van der Waals surface area contributed by atoms with Crippen molar-refractivity contribution in [3.05, 3.63) is 29.3 Å². The molecule has 110 valence electrons. The number of thiocarbonyl (C=S) groups is 1. The van der Waals surface area contributed by atoms with Crippen molar-refractivity contribution in [2.75, 3.05) is 13.1 Å². The molecule has 0 radical (unpaired) electrons. The van der Waals surface area contributed by atoms with E-state index in [9.17, 15) is 8.42 Å². The Morgan fingerprint density at radius 3 is 2.70 bits per heavy atom. The first-order valence-corrected chi connectivity index (χ1v) is 8.58. The first-order chi connectivity index (χ1) is 9.32. The van der Waals surface area contributed by atoms with Gasteiger partial charge < -0.3 is 5.73 Å². The topological polar surface area (TPSA) is 63.4 Å². The second-order valence-corrected chi connectivity index (χ2v) is 7.80. The molecule has 20 heavy (non-hydrogen) atoms. The van der Waals surface area contributed by atoms with Gasteiger partial charge in [-0.1, -0.05) is 25.2 Å². The molecular weight excluding hydrogens is 292 g/mol. The van der Waals surface area contributed by atoms with E-state index in [1.807, 2.05) is 0 Å². The smallest absolute Gasteiger partial charge is 0.243 e. The Hall–Kier alpha value is -0.980. The highest BCUT2D eigenvalue weighted by molar-refractivity contribution is 7.89. The summed E-state index contributed by atoms with van der Waals surface area (Å²) in [7, 11) is -3.42. The molecule has 0 amide bonds. The zero-order valence-corrected chi connectivity index (χ0v) is 13.4. The van der Waals surface area contributed by atoms with Crippen LogP contribution in [-0.2, 0) is 10.0 Å². The van der Waals surface area contributed by atoms with Crippen LogP contribution in [0.2, 0.25) is 0 Å². The fraction of sp³-hybridized carbons (Fsp3) is 0.500. The quantitative estimate of drug-likeness (QED) is 0.868. The lowest BCUT2D eigenvalue weighted by Crippen LogP contribution is -2.39. The van der Waals surface area contributed by atoms with E-state index in [2.05, 4.69) is 6.92 Å². The van der Waals surface area contributed by atoms with Crippen LogP contribution in [0.3, 0.4) is 0 Å². The molecule has 0 saturated carbocycles. The van der Waals surface area contributed by atoms with Crippen molar-refractivity contribution in [2.45, 2.75) is 31.6 Å². The third-order valence-corrected chi connectivity index (χ3v) is 5.96. The highest BCUT2D eigenvalue weighted by Crippen LogP contribution is 2.25. The van der Waals surface area contributed by atoms with Crippen molar-refractivity contribution >= 4 is 27.2 Å². The van der Waals surface area contributed by atoms with Crippen LogP contribution in [0.1, 0.15) is 30.9 Å². The zero-order valence-electron chi connectivity index (χ0n) is 11.8. The van der Waals surface area contributed by atoms with Gasteiger partial charge in [-0.25, -0.2) is 8.42 Å².